The lowest BCUT2D eigenvalue weighted by Crippen LogP contribution is -2.35. The maximum absolute atomic E-state index is 13.1. The quantitative estimate of drug-likeness (QED) is 0.572. The van der Waals surface area contributed by atoms with E-state index in [2.05, 4.69) is 9.88 Å². The fourth-order valence-corrected chi connectivity index (χ4v) is 5.77. The van der Waals surface area contributed by atoms with Crippen molar-refractivity contribution in [3.8, 4) is 0 Å². The Balaban J connectivity index is 1.55. The lowest BCUT2D eigenvalue weighted by molar-refractivity contribution is 0.0827. The van der Waals surface area contributed by atoms with Crippen molar-refractivity contribution in [1.82, 2.24) is 18.8 Å². The molecule has 0 atom stereocenters. The normalized spacial score (nSPS) is 15.0. The summed E-state index contributed by atoms with van der Waals surface area (Å²) in [6, 6.07) is 12.6. The minimum Gasteiger partial charge on any atom is -0.378 e. The molecule has 33 heavy (non-hydrogen) atoms. The Labute approximate surface area is 195 Å². The highest BCUT2D eigenvalue weighted by Crippen LogP contribution is 2.25. The van der Waals surface area contributed by atoms with Crippen molar-refractivity contribution in [2.45, 2.75) is 44.2 Å². The molecule has 4 rings (SSSR count). The number of nitrogens with one attached hydrogen (secondary N) is 1. The van der Waals surface area contributed by atoms with Gasteiger partial charge in [-0.3, -0.25) is 4.79 Å². The van der Waals surface area contributed by atoms with Crippen LogP contribution in [0.25, 0.3) is 11.0 Å². The number of sulfonamides is 1. The van der Waals surface area contributed by atoms with E-state index >= 15 is 0 Å². The van der Waals surface area contributed by atoms with E-state index in [1.165, 1.54) is 0 Å². The van der Waals surface area contributed by atoms with Crippen molar-refractivity contribution in [2.24, 2.45) is 0 Å². The number of anilines is 1. The summed E-state index contributed by atoms with van der Waals surface area (Å²) in [5, 5.41) is 3.35. The molecular formula is C24H31N5O3S. The van der Waals surface area contributed by atoms with Gasteiger partial charge in [-0.15, -0.1) is 0 Å². The average Bonchev–Trinajstić information content (AvgIpc) is 3.19. The van der Waals surface area contributed by atoms with E-state index in [9.17, 15) is 13.2 Å². The molecule has 0 radical (unpaired) electrons. The van der Waals surface area contributed by atoms with Crippen LogP contribution >= 0.6 is 0 Å². The number of aromatic nitrogens is 2. The Kier molecular flexibility index (Phi) is 6.71. The number of imidazole rings is 1. The third kappa shape index (κ3) is 4.74. The number of carbonyl (C=O) groups excluding carboxylic acids is 1. The van der Waals surface area contributed by atoms with Crippen LogP contribution in [-0.4, -0.2) is 60.3 Å². The maximum atomic E-state index is 13.1. The molecule has 176 valence electrons. The number of aryl methyl sites for hydroxylation is 1. The van der Waals surface area contributed by atoms with Gasteiger partial charge in [-0.2, -0.15) is 4.31 Å². The molecule has 1 aliphatic heterocycles. The molecule has 1 aliphatic rings. The molecule has 1 amide bonds. The standard InChI is InChI=1S/C24H31N5O3S/c1-4-29-22-13-12-20(33(31,32)28-14-6-5-7-15-28)16-21(22)26-23(29)17-25-19-10-8-18(9-11-19)24(30)27(2)3/h8-13,16,25H,4-7,14-15,17H2,1-3H3. The van der Waals surface area contributed by atoms with Crippen molar-refractivity contribution >= 4 is 32.7 Å². The third-order valence-corrected chi connectivity index (χ3v) is 7.95. The van der Waals surface area contributed by atoms with Gasteiger partial charge in [0.15, 0.2) is 0 Å². The number of amides is 1. The van der Waals surface area contributed by atoms with Gasteiger partial charge < -0.3 is 14.8 Å². The van der Waals surface area contributed by atoms with E-state index in [1.807, 2.05) is 25.1 Å². The Morgan fingerprint density at radius 2 is 1.76 bits per heavy atom. The fraction of sp³-hybridized carbons (Fsp3) is 0.417. The van der Waals surface area contributed by atoms with E-state index in [1.54, 1.807) is 47.6 Å². The highest BCUT2D eigenvalue weighted by atomic mass is 32.2. The highest BCUT2D eigenvalue weighted by molar-refractivity contribution is 7.89. The average molecular weight is 470 g/mol. The SMILES string of the molecule is CCn1c(CNc2ccc(C(=O)N(C)C)cc2)nc2cc(S(=O)(=O)N3CCCCC3)ccc21. The zero-order chi connectivity index (χ0) is 23.6. The Hall–Kier alpha value is -2.91. The number of fused-ring (bicyclic) bond motifs is 1. The monoisotopic (exact) mass is 469 g/mol. The summed E-state index contributed by atoms with van der Waals surface area (Å²) in [4.78, 5) is 18.7. The summed E-state index contributed by atoms with van der Waals surface area (Å²) in [6.07, 6.45) is 2.90. The molecule has 0 bridgehead atoms. The number of hydrogen-bond acceptors (Lipinski definition) is 5. The van der Waals surface area contributed by atoms with Crippen molar-refractivity contribution in [3.05, 3.63) is 53.9 Å². The molecule has 8 nitrogen and oxygen atoms in total. The van der Waals surface area contributed by atoms with Crippen LogP contribution in [0.2, 0.25) is 0 Å². The smallest absolute Gasteiger partial charge is 0.253 e. The van der Waals surface area contributed by atoms with Crippen LogP contribution < -0.4 is 5.32 Å². The van der Waals surface area contributed by atoms with Crippen molar-refractivity contribution in [1.29, 1.82) is 0 Å². The van der Waals surface area contributed by atoms with Gasteiger partial charge in [0, 0.05) is 45.0 Å². The number of hydrogen-bond donors (Lipinski definition) is 1. The molecule has 1 N–H and O–H groups in total. The topological polar surface area (TPSA) is 87.5 Å². The zero-order valence-electron chi connectivity index (χ0n) is 19.4. The molecule has 9 heteroatoms. The second-order valence-electron chi connectivity index (χ2n) is 8.52. The van der Waals surface area contributed by atoms with Crippen molar-refractivity contribution in [3.63, 3.8) is 0 Å². The van der Waals surface area contributed by atoms with Crippen LogP contribution in [-0.2, 0) is 23.1 Å². The Morgan fingerprint density at radius 3 is 2.39 bits per heavy atom. The van der Waals surface area contributed by atoms with Crippen LogP contribution in [0.4, 0.5) is 5.69 Å². The van der Waals surface area contributed by atoms with E-state index in [0.717, 1.165) is 42.8 Å². The van der Waals surface area contributed by atoms with E-state index < -0.39 is 10.0 Å². The second-order valence-corrected chi connectivity index (χ2v) is 10.5. The first-order chi connectivity index (χ1) is 15.8. The predicted molar refractivity (Wildman–Crippen MR) is 130 cm³/mol. The lowest BCUT2D eigenvalue weighted by Gasteiger charge is -2.25. The number of piperidine rings is 1. The second kappa shape index (κ2) is 9.52. The van der Waals surface area contributed by atoms with Crippen LogP contribution in [0.5, 0.6) is 0 Å². The first-order valence-corrected chi connectivity index (χ1v) is 12.8. The molecule has 0 aliphatic carbocycles. The number of nitrogens with zero attached hydrogens (tertiary/aromatic N) is 4. The van der Waals surface area contributed by atoms with Gasteiger partial charge in [0.2, 0.25) is 10.0 Å². The van der Waals surface area contributed by atoms with Gasteiger partial charge >= 0.3 is 0 Å². The zero-order valence-corrected chi connectivity index (χ0v) is 20.2. The van der Waals surface area contributed by atoms with Crippen LogP contribution in [0.1, 0.15) is 42.4 Å². The molecular weight excluding hydrogens is 438 g/mol. The summed E-state index contributed by atoms with van der Waals surface area (Å²) >= 11 is 0. The lowest BCUT2D eigenvalue weighted by atomic mass is 10.2. The van der Waals surface area contributed by atoms with Crippen LogP contribution in [0.3, 0.4) is 0 Å². The molecule has 0 saturated carbocycles. The van der Waals surface area contributed by atoms with E-state index in [0.29, 0.717) is 35.6 Å². The molecule has 0 spiro atoms. The molecule has 1 aromatic heterocycles. The van der Waals surface area contributed by atoms with Crippen molar-refractivity contribution < 1.29 is 13.2 Å². The Bertz CT molecular complexity index is 1240. The van der Waals surface area contributed by atoms with Crippen LogP contribution in [0.15, 0.2) is 47.4 Å². The summed E-state index contributed by atoms with van der Waals surface area (Å²) < 4.78 is 29.8. The summed E-state index contributed by atoms with van der Waals surface area (Å²) in [5.41, 5.74) is 3.11. The first-order valence-electron chi connectivity index (χ1n) is 11.4. The fourth-order valence-electron chi connectivity index (χ4n) is 4.23. The van der Waals surface area contributed by atoms with Gasteiger partial charge in [-0.05, 0) is 62.2 Å². The first kappa shape index (κ1) is 23.3. The Morgan fingerprint density at radius 1 is 1.06 bits per heavy atom. The molecule has 1 fully saturated rings. The van der Waals surface area contributed by atoms with Crippen LogP contribution in [0, 0.1) is 0 Å². The van der Waals surface area contributed by atoms with E-state index in [-0.39, 0.29) is 5.91 Å². The largest absolute Gasteiger partial charge is 0.378 e. The van der Waals surface area contributed by atoms with Gasteiger partial charge in [0.1, 0.15) is 5.82 Å². The summed E-state index contributed by atoms with van der Waals surface area (Å²) in [5.74, 6) is 0.790. The highest BCUT2D eigenvalue weighted by Gasteiger charge is 2.26. The minimum atomic E-state index is -3.50. The third-order valence-electron chi connectivity index (χ3n) is 6.06. The van der Waals surface area contributed by atoms with Crippen molar-refractivity contribution in [2.75, 3.05) is 32.5 Å². The van der Waals surface area contributed by atoms with Gasteiger partial charge in [0.05, 0.1) is 22.5 Å². The maximum Gasteiger partial charge on any atom is 0.253 e. The molecule has 0 unspecified atom stereocenters. The van der Waals surface area contributed by atoms with E-state index in [4.69, 9.17) is 4.98 Å². The molecule has 2 heterocycles. The molecule has 1 saturated heterocycles. The molecule has 2 aromatic carbocycles. The predicted octanol–water partition coefficient (Wildman–Crippen LogP) is 3.54. The summed E-state index contributed by atoms with van der Waals surface area (Å²) in [6.45, 7) is 4.42. The summed E-state index contributed by atoms with van der Waals surface area (Å²) in [7, 11) is -0.0408. The molecule has 3 aromatic rings. The number of rotatable bonds is 7. The minimum absolute atomic E-state index is 0.0374. The number of carbonyl (C=O) groups is 1. The van der Waals surface area contributed by atoms with Gasteiger partial charge in [-0.1, -0.05) is 6.42 Å². The van der Waals surface area contributed by atoms with Gasteiger partial charge in [-0.25, -0.2) is 13.4 Å². The van der Waals surface area contributed by atoms with Gasteiger partial charge in [0.25, 0.3) is 5.91 Å². The number of benzene rings is 2.